The zero-order chi connectivity index (χ0) is 22.8. The number of nitrogens with one attached hydrogen (secondary N) is 1. The largest absolute Gasteiger partial charge is 0.332 e. The van der Waals surface area contributed by atoms with E-state index in [2.05, 4.69) is 15.5 Å². The molecule has 4 rings (SSSR count). The van der Waals surface area contributed by atoms with E-state index in [0.29, 0.717) is 28.6 Å². The fourth-order valence-corrected chi connectivity index (χ4v) is 3.66. The number of rotatable bonds is 6. The van der Waals surface area contributed by atoms with Crippen molar-refractivity contribution in [1.82, 2.24) is 18.7 Å². The molecule has 0 unspecified atom stereocenters. The van der Waals surface area contributed by atoms with Crippen molar-refractivity contribution in [2.75, 3.05) is 5.43 Å². The van der Waals surface area contributed by atoms with Gasteiger partial charge in [0.25, 0.3) is 5.56 Å². The lowest BCUT2D eigenvalue weighted by Gasteiger charge is -2.09. The molecule has 0 aliphatic heterocycles. The number of hydrazone groups is 1. The predicted molar refractivity (Wildman–Crippen MR) is 128 cm³/mol. The van der Waals surface area contributed by atoms with Crippen LogP contribution >= 0.6 is 11.6 Å². The maximum absolute atomic E-state index is 13.2. The Morgan fingerprint density at radius 2 is 1.69 bits per heavy atom. The minimum atomic E-state index is -0.439. The van der Waals surface area contributed by atoms with Crippen LogP contribution in [0.25, 0.3) is 11.2 Å². The average Bonchev–Trinajstić information content (AvgIpc) is 3.12. The van der Waals surface area contributed by atoms with E-state index in [0.717, 1.165) is 16.8 Å². The second-order valence-corrected chi connectivity index (χ2v) is 8.08. The average molecular weight is 451 g/mol. The molecule has 0 saturated carbocycles. The van der Waals surface area contributed by atoms with E-state index in [9.17, 15) is 9.59 Å². The van der Waals surface area contributed by atoms with Crippen LogP contribution in [-0.2, 0) is 27.1 Å². The summed E-state index contributed by atoms with van der Waals surface area (Å²) in [7, 11) is 3.32. The molecule has 2 aromatic carbocycles. The van der Waals surface area contributed by atoms with Gasteiger partial charge in [-0.3, -0.25) is 13.9 Å². The Bertz CT molecular complexity index is 1420. The summed E-state index contributed by atoms with van der Waals surface area (Å²) in [6.45, 7) is 2.05. The zero-order valence-electron chi connectivity index (χ0n) is 18.0. The molecule has 0 aliphatic carbocycles. The van der Waals surface area contributed by atoms with E-state index >= 15 is 0 Å². The monoisotopic (exact) mass is 450 g/mol. The highest BCUT2D eigenvalue weighted by atomic mass is 35.5. The second kappa shape index (κ2) is 8.84. The Hall–Kier alpha value is -3.65. The van der Waals surface area contributed by atoms with Crippen molar-refractivity contribution in [3.63, 3.8) is 0 Å². The van der Waals surface area contributed by atoms with E-state index < -0.39 is 11.2 Å². The summed E-state index contributed by atoms with van der Waals surface area (Å²) in [6, 6.07) is 17.0. The highest BCUT2D eigenvalue weighted by molar-refractivity contribution is 6.30. The fourth-order valence-electron chi connectivity index (χ4n) is 3.53. The maximum Gasteiger partial charge on any atom is 0.332 e. The van der Waals surface area contributed by atoms with Crippen molar-refractivity contribution in [3.8, 4) is 0 Å². The highest BCUT2D eigenvalue weighted by Gasteiger charge is 2.18. The van der Waals surface area contributed by atoms with Crippen molar-refractivity contribution in [1.29, 1.82) is 0 Å². The molecule has 1 N–H and O–H groups in total. The Morgan fingerprint density at radius 3 is 2.38 bits per heavy atom. The molecule has 0 bridgehead atoms. The van der Waals surface area contributed by atoms with Crippen LogP contribution in [0.4, 0.5) is 5.95 Å². The van der Waals surface area contributed by atoms with Gasteiger partial charge in [-0.25, -0.2) is 10.2 Å². The molecule has 0 atom stereocenters. The standard InChI is InChI=1S/C23H23ClN6O2/c1-15(13-16-7-5-4-6-8-16)26-27-22-25-20-19(28(22)2)21(31)30(23(32)29(20)3)14-17-9-11-18(24)12-10-17/h4-12H,13-14H2,1-3H3,(H,25,27). The summed E-state index contributed by atoms with van der Waals surface area (Å²) in [5, 5.41) is 4.99. The molecule has 0 fully saturated rings. The Balaban J connectivity index is 1.68. The van der Waals surface area contributed by atoms with Gasteiger partial charge in [0.1, 0.15) is 0 Å². The van der Waals surface area contributed by atoms with Crippen LogP contribution in [0.2, 0.25) is 5.02 Å². The molecule has 0 spiro atoms. The quantitative estimate of drug-likeness (QED) is 0.361. The summed E-state index contributed by atoms with van der Waals surface area (Å²) in [5.41, 5.74) is 5.51. The number of benzene rings is 2. The maximum atomic E-state index is 13.2. The molecule has 32 heavy (non-hydrogen) atoms. The number of nitrogens with zero attached hydrogens (tertiary/aromatic N) is 5. The lowest BCUT2D eigenvalue weighted by molar-refractivity contribution is 0.655. The lowest BCUT2D eigenvalue weighted by atomic mass is 10.1. The molecule has 4 aromatic rings. The minimum absolute atomic E-state index is 0.140. The fraction of sp³-hybridized carbons (Fsp3) is 0.217. The smallest absolute Gasteiger partial charge is 0.306 e. The van der Waals surface area contributed by atoms with Crippen LogP contribution in [0.1, 0.15) is 18.1 Å². The number of halogens is 1. The third-order valence-corrected chi connectivity index (χ3v) is 5.52. The van der Waals surface area contributed by atoms with Gasteiger partial charge in [0.2, 0.25) is 5.95 Å². The predicted octanol–water partition coefficient (Wildman–Crippen LogP) is 3.17. The minimum Gasteiger partial charge on any atom is -0.306 e. The van der Waals surface area contributed by atoms with E-state index in [1.54, 1.807) is 42.9 Å². The summed E-state index contributed by atoms with van der Waals surface area (Å²) in [6.07, 6.45) is 0.685. The Morgan fingerprint density at radius 1 is 1.00 bits per heavy atom. The SMILES string of the molecule is CC(Cc1ccccc1)=NNc1nc2c(c(=O)n(Cc3ccc(Cl)cc3)c(=O)n2C)n1C. The summed E-state index contributed by atoms with van der Waals surface area (Å²) < 4.78 is 4.19. The first-order valence-electron chi connectivity index (χ1n) is 10.1. The lowest BCUT2D eigenvalue weighted by Crippen LogP contribution is -2.39. The van der Waals surface area contributed by atoms with Crippen LogP contribution in [0.15, 0.2) is 69.3 Å². The van der Waals surface area contributed by atoms with Gasteiger partial charge < -0.3 is 4.57 Å². The number of hydrogen-bond donors (Lipinski definition) is 1. The molecule has 0 saturated heterocycles. The van der Waals surface area contributed by atoms with Crippen LogP contribution < -0.4 is 16.7 Å². The van der Waals surface area contributed by atoms with Crippen LogP contribution in [0, 0.1) is 0 Å². The van der Waals surface area contributed by atoms with Gasteiger partial charge in [-0.1, -0.05) is 54.1 Å². The molecule has 2 heterocycles. The zero-order valence-corrected chi connectivity index (χ0v) is 18.8. The van der Waals surface area contributed by atoms with E-state index in [-0.39, 0.29) is 6.54 Å². The molecular formula is C23H23ClN6O2. The Labute approximate surface area is 189 Å². The second-order valence-electron chi connectivity index (χ2n) is 7.65. The molecule has 2 aromatic heterocycles. The van der Waals surface area contributed by atoms with Gasteiger partial charge in [0.05, 0.1) is 6.54 Å². The van der Waals surface area contributed by atoms with Crippen molar-refractivity contribution < 1.29 is 0 Å². The first-order valence-corrected chi connectivity index (χ1v) is 10.5. The normalized spacial score (nSPS) is 11.8. The summed E-state index contributed by atoms with van der Waals surface area (Å²) in [5.74, 6) is 0.378. The number of hydrogen-bond acceptors (Lipinski definition) is 5. The number of aromatic nitrogens is 4. The van der Waals surface area contributed by atoms with Crippen LogP contribution in [-0.4, -0.2) is 24.4 Å². The van der Waals surface area contributed by atoms with Crippen molar-refractivity contribution in [3.05, 3.63) is 91.6 Å². The molecule has 8 nitrogen and oxygen atoms in total. The summed E-state index contributed by atoms with van der Waals surface area (Å²) >= 11 is 5.94. The van der Waals surface area contributed by atoms with Crippen molar-refractivity contribution in [2.24, 2.45) is 19.2 Å². The van der Waals surface area contributed by atoms with E-state index in [4.69, 9.17) is 11.6 Å². The van der Waals surface area contributed by atoms with Crippen LogP contribution in [0.5, 0.6) is 0 Å². The first-order chi connectivity index (χ1) is 15.3. The number of aryl methyl sites for hydroxylation is 2. The molecule has 9 heteroatoms. The van der Waals surface area contributed by atoms with E-state index in [1.165, 1.54) is 9.13 Å². The molecule has 164 valence electrons. The number of fused-ring (bicyclic) bond motifs is 1. The molecule has 0 aliphatic rings. The van der Waals surface area contributed by atoms with Gasteiger partial charge in [-0.2, -0.15) is 10.1 Å². The highest BCUT2D eigenvalue weighted by Crippen LogP contribution is 2.14. The third-order valence-electron chi connectivity index (χ3n) is 5.26. The first kappa shape index (κ1) is 21.6. The van der Waals surface area contributed by atoms with Gasteiger partial charge >= 0.3 is 5.69 Å². The Kier molecular flexibility index (Phi) is 5.96. The van der Waals surface area contributed by atoms with Crippen LogP contribution in [0.3, 0.4) is 0 Å². The number of imidazole rings is 1. The summed E-state index contributed by atoms with van der Waals surface area (Å²) in [4.78, 5) is 30.5. The van der Waals surface area contributed by atoms with Gasteiger partial charge in [0, 0.05) is 31.3 Å². The van der Waals surface area contributed by atoms with Gasteiger partial charge in [-0.05, 0) is 30.2 Å². The topological polar surface area (TPSA) is 86.2 Å². The van der Waals surface area contributed by atoms with Crippen molar-refractivity contribution >= 4 is 34.4 Å². The molecular weight excluding hydrogens is 428 g/mol. The van der Waals surface area contributed by atoms with E-state index in [1.807, 2.05) is 37.3 Å². The molecule has 0 radical (unpaired) electrons. The third kappa shape index (κ3) is 4.22. The van der Waals surface area contributed by atoms with Gasteiger partial charge in [0.15, 0.2) is 11.2 Å². The van der Waals surface area contributed by atoms with Gasteiger partial charge in [-0.15, -0.1) is 0 Å². The molecule has 0 amide bonds. The number of anilines is 1. The van der Waals surface area contributed by atoms with Crippen molar-refractivity contribution in [2.45, 2.75) is 19.9 Å².